The van der Waals surface area contributed by atoms with Gasteiger partial charge in [0.1, 0.15) is 5.75 Å². The number of rotatable bonds is 4. The summed E-state index contributed by atoms with van der Waals surface area (Å²) in [4.78, 5) is 0.335. The van der Waals surface area contributed by atoms with Crippen LogP contribution in [0, 0.1) is 0 Å². The third-order valence-corrected chi connectivity index (χ3v) is 6.19. The second-order valence-electron chi connectivity index (χ2n) is 5.20. The normalized spacial score (nSPS) is 24.6. The van der Waals surface area contributed by atoms with Gasteiger partial charge in [0.2, 0.25) is 0 Å². The number of methoxy groups -OCH3 is 1. The van der Waals surface area contributed by atoms with Crippen molar-refractivity contribution in [2.24, 2.45) is 5.73 Å². The molecule has 1 saturated carbocycles. The molecule has 1 aliphatic carbocycles. The number of ether oxygens (including phenoxy) is 1. The zero-order valence-electron chi connectivity index (χ0n) is 11.6. The summed E-state index contributed by atoms with van der Waals surface area (Å²) in [6.07, 6.45) is 0. The van der Waals surface area contributed by atoms with E-state index in [-0.39, 0.29) is 12.0 Å². The number of benzene rings is 2. The molecule has 1 aliphatic rings. The Morgan fingerprint density at radius 2 is 1.62 bits per heavy atom. The molecule has 3 atom stereocenters. The van der Waals surface area contributed by atoms with Crippen molar-refractivity contribution in [3.63, 3.8) is 0 Å². The van der Waals surface area contributed by atoms with Crippen LogP contribution >= 0.6 is 0 Å². The molecule has 3 unspecified atom stereocenters. The van der Waals surface area contributed by atoms with E-state index in [0.29, 0.717) is 4.90 Å². The average molecular weight is 303 g/mol. The molecule has 0 radical (unpaired) electrons. The van der Waals surface area contributed by atoms with Crippen molar-refractivity contribution in [2.75, 3.05) is 7.11 Å². The first-order valence-corrected chi connectivity index (χ1v) is 8.29. The predicted octanol–water partition coefficient (Wildman–Crippen LogP) is 1.96. The monoisotopic (exact) mass is 303 g/mol. The quantitative estimate of drug-likeness (QED) is 0.937. The summed E-state index contributed by atoms with van der Waals surface area (Å²) in [7, 11) is -1.79. The van der Waals surface area contributed by atoms with Crippen LogP contribution in [0.25, 0.3) is 0 Å². The van der Waals surface area contributed by atoms with Crippen molar-refractivity contribution in [1.82, 2.24) is 0 Å². The Hall–Kier alpha value is -1.85. The predicted molar refractivity (Wildman–Crippen MR) is 81.1 cm³/mol. The number of nitrogens with two attached hydrogens (primary N) is 1. The van der Waals surface area contributed by atoms with Crippen LogP contribution in [-0.2, 0) is 9.84 Å². The van der Waals surface area contributed by atoms with E-state index >= 15 is 0 Å². The van der Waals surface area contributed by atoms with E-state index in [2.05, 4.69) is 0 Å². The Kier molecular flexibility index (Phi) is 3.47. The Balaban J connectivity index is 1.88. The van der Waals surface area contributed by atoms with Gasteiger partial charge in [-0.15, -0.1) is 0 Å². The third kappa shape index (κ3) is 2.43. The van der Waals surface area contributed by atoms with Crippen LogP contribution in [0.3, 0.4) is 0 Å². The topological polar surface area (TPSA) is 69.4 Å². The van der Waals surface area contributed by atoms with Crippen molar-refractivity contribution in [1.29, 1.82) is 0 Å². The van der Waals surface area contributed by atoms with E-state index in [0.717, 1.165) is 11.3 Å². The summed E-state index contributed by atoms with van der Waals surface area (Å²) in [5.74, 6) is 0.594. The van der Waals surface area contributed by atoms with Crippen LogP contribution in [0.4, 0.5) is 0 Å². The van der Waals surface area contributed by atoms with Crippen molar-refractivity contribution in [2.45, 2.75) is 22.1 Å². The summed E-state index contributed by atoms with van der Waals surface area (Å²) in [5, 5.41) is -0.548. The SMILES string of the molecule is COc1ccc(C2C(N)C2S(=O)(=O)c2ccccc2)cc1. The molecular formula is C16H17NO3S. The maximum Gasteiger partial charge on any atom is 0.183 e. The first kappa shape index (κ1) is 14.1. The van der Waals surface area contributed by atoms with Crippen LogP contribution in [0.1, 0.15) is 11.5 Å². The van der Waals surface area contributed by atoms with E-state index < -0.39 is 15.1 Å². The van der Waals surface area contributed by atoms with Crippen LogP contribution in [0.15, 0.2) is 59.5 Å². The lowest BCUT2D eigenvalue weighted by atomic mass is 10.1. The van der Waals surface area contributed by atoms with E-state index in [1.165, 1.54) is 0 Å². The second kappa shape index (κ2) is 5.16. The highest BCUT2D eigenvalue weighted by Crippen LogP contribution is 2.47. The van der Waals surface area contributed by atoms with Crippen molar-refractivity contribution < 1.29 is 13.2 Å². The first-order chi connectivity index (χ1) is 10.1. The Morgan fingerprint density at radius 1 is 1.00 bits per heavy atom. The molecule has 110 valence electrons. The zero-order valence-corrected chi connectivity index (χ0v) is 12.5. The van der Waals surface area contributed by atoms with Gasteiger partial charge in [-0.2, -0.15) is 0 Å². The van der Waals surface area contributed by atoms with Gasteiger partial charge in [0.15, 0.2) is 9.84 Å². The van der Waals surface area contributed by atoms with Crippen LogP contribution in [0.2, 0.25) is 0 Å². The van der Waals surface area contributed by atoms with Crippen molar-refractivity contribution >= 4 is 9.84 Å². The number of sulfone groups is 1. The highest BCUT2D eigenvalue weighted by molar-refractivity contribution is 7.92. The average Bonchev–Trinajstić information content (AvgIpc) is 3.20. The number of hydrogen-bond donors (Lipinski definition) is 1. The molecule has 1 fully saturated rings. The highest BCUT2D eigenvalue weighted by Gasteiger charge is 2.57. The molecule has 0 aromatic heterocycles. The van der Waals surface area contributed by atoms with E-state index in [4.69, 9.17) is 10.5 Å². The Labute approximate surface area is 124 Å². The molecule has 2 N–H and O–H groups in total. The molecule has 4 nitrogen and oxygen atoms in total. The van der Waals surface area contributed by atoms with E-state index in [1.54, 1.807) is 37.4 Å². The summed E-state index contributed by atoms with van der Waals surface area (Å²) >= 11 is 0. The van der Waals surface area contributed by atoms with Crippen LogP contribution < -0.4 is 10.5 Å². The minimum absolute atomic E-state index is 0.152. The molecule has 0 aliphatic heterocycles. The Bertz CT molecular complexity index is 726. The lowest BCUT2D eigenvalue weighted by Gasteiger charge is -2.04. The van der Waals surface area contributed by atoms with Crippen LogP contribution in [0.5, 0.6) is 5.75 Å². The fourth-order valence-electron chi connectivity index (χ4n) is 2.71. The zero-order chi connectivity index (χ0) is 15.0. The van der Waals surface area contributed by atoms with Gasteiger partial charge >= 0.3 is 0 Å². The van der Waals surface area contributed by atoms with Gasteiger partial charge in [0.25, 0.3) is 0 Å². The maximum atomic E-state index is 12.6. The van der Waals surface area contributed by atoms with Gasteiger partial charge in [-0.3, -0.25) is 0 Å². The lowest BCUT2D eigenvalue weighted by molar-refractivity contribution is 0.414. The molecule has 0 amide bonds. The molecule has 0 saturated heterocycles. The minimum Gasteiger partial charge on any atom is -0.497 e. The van der Waals surface area contributed by atoms with Gasteiger partial charge in [-0.1, -0.05) is 30.3 Å². The third-order valence-electron chi connectivity index (χ3n) is 3.94. The van der Waals surface area contributed by atoms with E-state index in [1.807, 2.05) is 24.3 Å². The number of hydrogen-bond acceptors (Lipinski definition) is 4. The minimum atomic E-state index is -3.38. The Morgan fingerprint density at radius 3 is 2.19 bits per heavy atom. The largest absolute Gasteiger partial charge is 0.497 e. The lowest BCUT2D eigenvalue weighted by Crippen LogP contribution is -2.15. The van der Waals surface area contributed by atoms with E-state index in [9.17, 15) is 8.42 Å². The van der Waals surface area contributed by atoms with Gasteiger partial charge in [0.05, 0.1) is 17.3 Å². The fourth-order valence-corrected chi connectivity index (χ4v) is 4.78. The molecule has 0 heterocycles. The second-order valence-corrected chi connectivity index (χ2v) is 7.30. The molecule has 0 spiro atoms. The molecule has 2 aromatic carbocycles. The molecule has 5 heteroatoms. The fraction of sp³-hybridized carbons (Fsp3) is 0.250. The molecule has 21 heavy (non-hydrogen) atoms. The van der Waals surface area contributed by atoms with Crippen LogP contribution in [-0.4, -0.2) is 26.8 Å². The summed E-state index contributed by atoms with van der Waals surface area (Å²) < 4.78 is 30.3. The summed E-state index contributed by atoms with van der Waals surface area (Å²) in [5.41, 5.74) is 6.96. The molecule has 3 rings (SSSR count). The first-order valence-electron chi connectivity index (χ1n) is 6.74. The summed E-state index contributed by atoms with van der Waals surface area (Å²) in [6.45, 7) is 0. The van der Waals surface area contributed by atoms with Crippen molar-refractivity contribution in [3.8, 4) is 5.75 Å². The molecule has 2 aromatic rings. The van der Waals surface area contributed by atoms with Crippen molar-refractivity contribution in [3.05, 3.63) is 60.2 Å². The van der Waals surface area contributed by atoms with Gasteiger partial charge in [-0.05, 0) is 29.8 Å². The smallest absolute Gasteiger partial charge is 0.183 e. The van der Waals surface area contributed by atoms with Gasteiger partial charge in [-0.25, -0.2) is 8.42 Å². The maximum absolute atomic E-state index is 12.6. The van der Waals surface area contributed by atoms with Gasteiger partial charge in [0, 0.05) is 12.0 Å². The summed E-state index contributed by atoms with van der Waals surface area (Å²) in [6, 6.07) is 15.5. The standard InChI is InChI=1S/C16H17NO3S/c1-20-12-9-7-11(8-10-12)14-15(17)16(14)21(18,19)13-5-3-2-4-6-13/h2-10,14-16H,17H2,1H3. The highest BCUT2D eigenvalue weighted by atomic mass is 32.2. The molecule has 0 bridgehead atoms. The van der Waals surface area contributed by atoms with Gasteiger partial charge < -0.3 is 10.5 Å². The molecular weight excluding hydrogens is 286 g/mol.